The maximum absolute atomic E-state index is 8.84. The Kier molecular flexibility index (Phi) is 4.49. The molecule has 0 amide bonds. The van der Waals surface area contributed by atoms with Crippen molar-refractivity contribution in [2.24, 2.45) is 0 Å². The first-order valence-electron chi connectivity index (χ1n) is 6.25. The molecule has 2 aromatic rings. The number of methoxy groups -OCH3 is 1. The zero-order chi connectivity index (χ0) is 14.5. The molecule has 0 radical (unpaired) electrons. The zero-order valence-electron chi connectivity index (χ0n) is 11.4. The Morgan fingerprint density at radius 2 is 2.00 bits per heavy atom. The molecule has 0 saturated carbocycles. The predicted octanol–water partition coefficient (Wildman–Crippen LogP) is 4.39. The van der Waals surface area contributed by atoms with Gasteiger partial charge >= 0.3 is 0 Å². The topological polar surface area (TPSA) is 45.0 Å². The highest BCUT2D eigenvalue weighted by molar-refractivity contribution is 6.33. The van der Waals surface area contributed by atoms with Crippen LogP contribution in [0.1, 0.15) is 24.1 Å². The van der Waals surface area contributed by atoms with E-state index < -0.39 is 0 Å². The van der Waals surface area contributed by atoms with Gasteiger partial charge in [0.15, 0.2) is 0 Å². The van der Waals surface area contributed by atoms with Gasteiger partial charge < -0.3 is 10.1 Å². The zero-order valence-corrected chi connectivity index (χ0v) is 12.1. The van der Waals surface area contributed by atoms with Crippen molar-refractivity contribution in [3.63, 3.8) is 0 Å². The van der Waals surface area contributed by atoms with Gasteiger partial charge in [-0.1, -0.05) is 29.8 Å². The molecule has 0 fully saturated rings. The number of para-hydroxylation sites is 1. The summed E-state index contributed by atoms with van der Waals surface area (Å²) in [4.78, 5) is 0. The average Bonchev–Trinajstić information content (AvgIpc) is 2.49. The lowest BCUT2D eigenvalue weighted by molar-refractivity contribution is 0.408. The summed E-state index contributed by atoms with van der Waals surface area (Å²) in [7, 11) is 1.65. The van der Waals surface area contributed by atoms with Crippen LogP contribution in [0.4, 0.5) is 5.69 Å². The molecule has 0 spiro atoms. The second kappa shape index (κ2) is 6.31. The fourth-order valence-electron chi connectivity index (χ4n) is 2.04. The van der Waals surface area contributed by atoms with Crippen molar-refractivity contribution < 1.29 is 4.74 Å². The SMILES string of the molecule is COc1ccccc1C(C)Nc1ccc(C#N)cc1Cl. The highest BCUT2D eigenvalue weighted by Gasteiger charge is 2.12. The summed E-state index contributed by atoms with van der Waals surface area (Å²) in [6.07, 6.45) is 0. The van der Waals surface area contributed by atoms with Crippen LogP contribution >= 0.6 is 11.6 Å². The summed E-state index contributed by atoms with van der Waals surface area (Å²) in [5.74, 6) is 0.831. The normalized spacial score (nSPS) is 11.5. The summed E-state index contributed by atoms with van der Waals surface area (Å²) in [6.45, 7) is 2.03. The Morgan fingerprint density at radius 3 is 2.65 bits per heavy atom. The second-order valence-corrected chi connectivity index (χ2v) is 4.82. The van der Waals surface area contributed by atoms with Crippen molar-refractivity contribution in [3.05, 3.63) is 58.6 Å². The van der Waals surface area contributed by atoms with E-state index >= 15 is 0 Å². The van der Waals surface area contributed by atoms with Crippen molar-refractivity contribution >= 4 is 17.3 Å². The minimum Gasteiger partial charge on any atom is -0.496 e. The molecule has 102 valence electrons. The summed E-state index contributed by atoms with van der Waals surface area (Å²) < 4.78 is 5.35. The number of nitrogens with zero attached hydrogens (tertiary/aromatic N) is 1. The smallest absolute Gasteiger partial charge is 0.124 e. The minimum absolute atomic E-state index is 0.0385. The first-order chi connectivity index (χ1) is 9.65. The molecule has 0 bridgehead atoms. The lowest BCUT2D eigenvalue weighted by Crippen LogP contribution is -2.08. The highest BCUT2D eigenvalue weighted by atomic mass is 35.5. The Bertz CT molecular complexity index is 649. The van der Waals surface area contributed by atoms with Gasteiger partial charge in [-0.15, -0.1) is 0 Å². The molecule has 0 aromatic heterocycles. The predicted molar refractivity (Wildman–Crippen MR) is 81.2 cm³/mol. The van der Waals surface area contributed by atoms with Crippen LogP contribution in [-0.2, 0) is 0 Å². The van der Waals surface area contributed by atoms with Gasteiger partial charge in [0, 0.05) is 5.56 Å². The van der Waals surface area contributed by atoms with E-state index in [1.807, 2.05) is 37.3 Å². The van der Waals surface area contributed by atoms with Gasteiger partial charge in [0.1, 0.15) is 5.75 Å². The Balaban J connectivity index is 2.24. The Morgan fingerprint density at radius 1 is 1.25 bits per heavy atom. The molecule has 2 aromatic carbocycles. The van der Waals surface area contributed by atoms with Crippen LogP contribution in [0, 0.1) is 11.3 Å². The molecule has 0 aliphatic heterocycles. The number of hydrogen-bond donors (Lipinski definition) is 1. The molecule has 1 atom stereocenters. The highest BCUT2D eigenvalue weighted by Crippen LogP contribution is 2.30. The van der Waals surface area contributed by atoms with Crippen molar-refractivity contribution in [2.75, 3.05) is 12.4 Å². The van der Waals surface area contributed by atoms with Crippen LogP contribution in [-0.4, -0.2) is 7.11 Å². The van der Waals surface area contributed by atoms with Crippen molar-refractivity contribution in [1.29, 1.82) is 5.26 Å². The first-order valence-corrected chi connectivity index (χ1v) is 6.62. The Hall–Kier alpha value is -2.18. The van der Waals surface area contributed by atoms with Crippen LogP contribution in [0.5, 0.6) is 5.75 Å². The average molecular weight is 287 g/mol. The number of nitrogens with one attached hydrogen (secondary N) is 1. The maximum Gasteiger partial charge on any atom is 0.124 e. The molecule has 0 saturated heterocycles. The van der Waals surface area contributed by atoms with Gasteiger partial charge in [-0.3, -0.25) is 0 Å². The lowest BCUT2D eigenvalue weighted by Gasteiger charge is -2.19. The molecule has 0 aliphatic rings. The molecule has 2 rings (SSSR count). The summed E-state index contributed by atoms with van der Waals surface area (Å²) >= 11 is 6.17. The summed E-state index contributed by atoms with van der Waals surface area (Å²) in [6, 6.07) is 15.1. The van der Waals surface area contributed by atoms with Gasteiger partial charge in [0.05, 0.1) is 35.5 Å². The van der Waals surface area contributed by atoms with Gasteiger partial charge in [-0.05, 0) is 31.2 Å². The van der Waals surface area contributed by atoms with E-state index in [4.69, 9.17) is 21.6 Å². The number of rotatable bonds is 4. The minimum atomic E-state index is 0.0385. The number of anilines is 1. The van der Waals surface area contributed by atoms with E-state index in [9.17, 15) is 0 Å². The van der Waals surface area contributed by atoms with Crippen molar-refractivity contribution in [1.82, 2.24) is 0 Å². The monoisotopic (exact) mass is 286 g/mol. The van der Waals surface area contributed by atoms with Crippen molar-refractivity contribution in [3.8, 4) is 11.8 Å². The van der Waals surface area contributed by atoms with E-state index in [1.54, 1.807) is 19.2 Å². The molecule has 1 N–H and O–H groups in total. The third-order valence-electron chi connectivity index (χ3n) is 3.08. The van der Waals surface area contributed by atoms with E-state index in [0.29, 0.717) is 10.6 Å². The standard InChI is InChI=1S/C16H15ClN2O/c1-11(13-5-3-4-6-16(13)20-2)19-15-8-7-12(10-18)9-14(15)17/h3-9,11,19H,1-2H3. The molecule has 0 aliphatic carbocycles. The van der Waals surface area contributed by atoms with Crippen LogP contribution in [0.3, 0.4) is 0 Å². The third kappa shape index (κ3) is 3.04. The van der Waals surface area contributed by atoms with Crippen molar-refractivity contribution in [2.45, 2.75) is 13.0 Å². The summed E-state index contributed by atoms with van der Waals surface area (Å²) in [5.41, 5.74) is 2.39. The van der Waals surface area contributed by atoms with Gasteiger partial charge in [0.2, 0.25) is 0 Å². The molecule has 20 heavy (non-hydrogen) atoms. The lowest BCUT2D eigenvalue weighted by atomic mass is 10.1. The van der Waals surface area contributed by atoms with Crippen LogP contribution in [0.2, 0.25) is 5.02 Å². The van der Waals surface area contributed by atoms with E-state index in [0.717, 1.165) is 17.0 Å². The first kappa shape index (κ1) is 14.2. The molecule has 4 heteroatoms. The number of halogens is 1. The van der Waals surface area contributed by atoms with E-state index in [2.05, 4.69) is 11.4 Å². The molecular formula is C16H15ClN2O. The Labute approximate surface area is 123 Å². The largest absolute Gasteiger partial charge is 0.496 e. The fraction of sp³-hybridized carbons (Fsp3) is 0.188. The van der Waals surface area contributed by atoms with E-state index in [-0.39, 0.29) is 6.04 Å². The molecule has 3 nitrogen and oxygen atoms in total. The number of nitriles is 1. The fourth-order valence-corrected chi connectivity index (χ4v) is 2.27. The maximum atomic E-state index is 8.84. The van der Waals surface area contributed by atoms with Gasteiger partial charge in [0.25, 0.3) is 0 Å². The van der Waals surface area contributed by atoms with Gasteiger partial charge in [-0.25, -0.2) is 0 Å². The van der Waals surface area contributed by atoms with Crippen LogP contribution < -0.4 is 10.1 Å². The number of ether oxygens (including phenoxy) is 1. The number of hydrogen-bond acceptors (Lipinski definition) is 3. The van der Waals surface area contributed by atoms with Crippen LogP contribution in [0.25, 0.3) is 0 Å². The second-order valence-electron chi connectivity index (χ2n) is 4.41. The van der Waals surface area contributed by atoms with Gasteiger partial charge in [-0.2, -0.15) is 5.26 Å². The molecular weight excluding hydrogens is 272 g/mol. The van der Waals surface area contributed by atoms with E-state index in [1.165, 1.54) is 0 Å². The number of benzene rings is 2. The molecule has 1 unspecified atom stereocenters. The molecule has 0 heterocycles. The van der Waals surface area contributed by atoms with Crippen LogP contribution in [0.15, 0.2) is 42.5 Å². The third-order valence-corrected chi connectivity index (χ3v) is 3.39. The summed E-state index contributed by atoms with van der Waals surface area (Å²) in [5, 5.41) is 12.7. The quantitative estimate of drug-likeness (QED) is 0.906.